The van der Waals surface area contributed by atoms with Crippen molar-refractivity contribution in [1.29, 1.82) is 0 Å². The summed E-state index contributed by atoms with van der Waals surface area (Å²) in [5, 5.41) is 19.7. The highest BCUT2D eigenvalue weighted by molar-refractivity contribution is 7.89. The Morgan fingerprint density at radius 3 is 2.61 bits per heavy atom. The molecule has 1 aromatic carbocycles. The van der Waals surface area contributed by atoms with E-state index in [2.05, 4.69) is 11.9 Å². The first-order chi connectivity index (χ1) is 10.8. The maximum Gasteiger partial charge on any atom is 0.293 e. The molecule has 1 saturated heterocycles. The van der Waals surface area contributed by atoms with Gasteiger partial charge < -0.3 is 10.2 Å². The van der Waals surface area contributed by atoms with E-state index in [1.807, 2.05) is 4.90 Å². The van der Waals surface area contributed by atoms with E-state index in [1.165, 1.54) is 12.1 Å². The van der Waals surface area contributed by atoms with Crippen LogP contribution in [-0.4, -0.2) is 39.0 Å². The van der Waals surface area contributed by atoms with Crippen molar-refractivity contribution in [2.45, 2.75) is 23.8 Å². The molecule has 0 aromatic heterocycles. The van der Waals surface area contributed by atoms with E-state index in [0.29, 0.717) is 12.2 Å². The average molecular weight is 340 g/mol. The largest absolute Gasteiger partial charge is 0.359 e. The summed E-state index contributed by atoms with van der Waals surface area (Å²) in [6.45, 7) is 5.82. The van der Waals surface area contributed by atoms with Crippen LogP contribution in [0.25, 0.3) is 0 Å². The molecule has 1 aromatic rings. The number of nitro benzene ring substituents is 1. The summed E-state index contributed by atoms with van der Waals surface area (Å²) in [4.78, 5) is 12.5. The van der Waals surface area contributed by atoms with Gasteiger partial charge in [0.25, 0.3) is 5.69 Å². The van der Waals surface area contributed by atoms with Crippen LogP contribution in [0.2, 0.25) is 0 Å². The lowest BCUT2D eigenvalue weighted by molar-refractivity contribution is -0.384. The van der Waals surface area contributed by atoms with Crippen molar-refractivity contribution in [3.63, 3.8) is 0 Å². The number of sulfonamides is 1. The van der Waals surface area contributed by atoms with E-state index in [-0.39, 0.29) is 16.6 Å². The fourth-order valence-corrected chi connectivity index (χ4v) is 3.30. The Morgan fingerprint density at radius 1 is 1.43 bits per heavy atom. The molecule has 8 nitrogen and oxygen atoms in total. The molecule has 1 fully saturated rings. The van der Waals surface area contributed by atoms with Crippen LogP contribution in [0.3, 0.4) is 0 Å². The number of nitrogens with two attached hydrogens (primary N) is 1. The predicted octanol–water partition coefficient (Wildman–Crippen LogP) is 0.987. The van der Waals surface area contributed by atoms with Gasteiger partial charge in [-0.15, -0.1) is 6.58 Å². The van der Waals surface area contributed by atoms with Gasteiger partial charge in [-0.05, 0) is 38.1 Å². The van der Waals surface area contributed by atoms with Gasteiger partial charge >= 0.3 is 0 Å². The van der Waals surface area contributed by atoms with Gasteiger partial charge in [-0.25, -0.2) is 13.6 Å². The Kier molecular flexibility index (Phi) is 5.34. The van der Waals surface area contributed by atoms with Crippen LogP contribution in [0, 0.1) is 10.1 Å². The van der Waals surface area contributed by atoms with Gasteiger partial charge in [-0.2, -0.15) is 0 Å². The zero-order valence-electron chi connectivity index (χ0n) is 12.6. The van der Waals surface area contributed by atoms with Crippen molar-refractivity contribution in [3.8, 4) is 0 Å². The van der Waals surface area contributed by atoms with Crippen molar-refractivity contribution in [2.24, 2.45) is 5.14 Å². The molecule has 2 rings (SSSR count). The SMILES string of the molecule is C=CCN(c1ccc(S(N)(=O)=O)cc1[N+](=O)[O-])C1CCNCC1. The Bertz CT molecular complexity index is 699. The van der Waals surface area contributed by atoms with Crippen LogP contribution in [0.1, 0.15) is 12.8 Å². The first-order valence-electron chi connectivity index (χ1n) is 7.24. The normalized spacial score (nSPS) is 16.0. The molecule has 3 N–H and O–H groups in total. The van der Waals surface area contributed by atoms with Crippen molar-refractivity contribution in [2.75, 3.05) is 24.5 Å². The average Bonchev–Trinajstić information content (AvgIpc) is 2.52. The van der Waals surface area contributed by atoms with Crippen LogP contribution in [0.15, 0.2) is 35.7 Å². The van der Waals surface area contributed by atoms with Gasteiger partial charge in [0, 0.05) is 18.7 Å². The summed E-state index contributed by atoms with van der Waals surface area (Å²) in [7, 11) is -3.99. The number of primary sulfonamides is 1. The topological polar surface area (TPSA) is 119 Å². The van der Waals surface area contributed by atoms with Crippen molar-refractivity contribution < 1.29 is 13.3 Å². The number of nitrogens with one attached hydrogen (secondary N) is 1. The first-order valence-corrected chi connectivity index (χ1v) is 8.78. The van der Waals surface area contributed by atoms with Crippen LogP contribution < -0.4 is 15.4 Å². The van der Waals surface area contributed by atoms with Crippen LogP contribution >= 0.6 is 0 Å². The lowest BCUT2D eigenvalue weighted by atomic mass is 10.0. The van der Waals surface area contributed by atoms with Gasteiger partial charge in [0.15, 0.2) is 0 Å². The van der Waals surface area contributed by atoms with E-state index < -0.39 is 14.9 Å². The molecule has 0 atom stereocenters. The number of anilines is 1. The minimum absolute atomic E-state index is 0.133. The summed E-state index contributed by atoms with van der Waals surface area (Å²) in [6.07, 6.45) is 3.38. The third-order valence-electron chi connectivity index (χ3n) is 3.86. The molecule has 0 bridgehead atoms. The zero-order chi connectivity index (χ0) is 17.0. The number of hydrogen-bond donors (Lipinski definition) is 2. The molecule has 0 aliphatic carbocycles. The van der Waals surface area contributed by atoms with Crippen molar-refractivity contribution >= 4 is 21.4 Å². The predicted molar refractivity (Wildman–Crippen MR) is 87.9 cm³/mol. The number of piperidine rings is 1. The van der Waals surface area contributed by atoms with E-state index >= 15 is 0 Å². The zero-order valence-corrected chi connectivity index (χ0v) is 13.5. The minimum Gasteiger partial charge on any atom is -0.359 e. The van der Waals surface area contributed by atoms with E-state index in [0.717, 1.165) is 32.0 Å². The number of rotatable bonds is 6. The third kappa shape index (κ3) is 4.06. The van der Waals surface area contributed by atoms with Crippen molar-refractivity contribution in [1.82, 2.24) is 5.32 Å². The molecule has 0 amide bonds. The summed E-state index contributed by atoms with van der Waals surface area (Å²) in [5.74, 6) is 0. The fraction of sp³-hybridized carbons (Fsp3) is 0.429. The standard InChI is InChI=1S/C14H20N4O4S/c1-2-9-17(11-5-7-16-8-6-11)13-4-3-12(23(15,21)22)10-14(13)18(19)20/h2-4,10-11,16H,1,5-9H2,(H2,15,21,22). The lowest BCUT2D eigenvalue weighted by Gasteiger charge is -2.35. The van der Waals surface area contributed by atoms with E-state index in [9.17, 15) is 18.5 Å². The molecular weight excluding hydrogens is 320 g/mol. The second-order valence-corrected chi connectivity index (χ2v) is 6.94. The van der Waals surface area contributed by atoms with Gasteiger partial charge in [0.2, 0.25) is 10.0 Å². The number of nitro groups is 1. The second-order valence-electron chi connectivity index (χ2n) is 5.37. The first kappa shape index (κ1) is 17.4. The van der Waals surface area contributed by atoms with Crippen LogP contribution in [0.4, 0.5) is 11.4 Å². The number of hydrogen-bond acceptors (Lipinski definition) is 6. The number of benzene rings is 1. The molecule has 0 saturated carbocycles. The molecule has 0 unspecified atom stereocenters. The summed E-state index contributed by atoms with van der Waals surface area (Å²) in [5.41, 5.74) is 0.117. The minimum atomic E-state index is -3.99. The summed E-state index contributed by atoms with van der Waals surface area (Å²) in [6, 6.07) is 3.90. The molecular formula is C14H20N4O4S. The lowest BCUT2D eigenvalue weighted by Crippen LogP contribution is -2.43. The monoisotopic (exact) mass is 340 g/mol. The van der Waals surface area contributed by atoms with E-state index in [1.54, 1.807) is 6.08 Å². The summed E-state index contributed by atoms with van der Waals surface area (Å²) >= 11 is 0. The highest BCUT2D eigenvalue weighted by Gasteiger charge is 2.27. The van der Waals surface area contributed by atoms with Crippen LogP contribution in [0.5, 0.6) is 0 Å². The fourth-order valence-electron chi connectivity index (χ4n) is 2.77. The molecule has 126 valence electrons. The molecule has 9 heteroatoms. The molecule has 1 aliphatic rings. The maximum atomic E-state index is 11.4. The Labute approximate surface area is 135 Å². The Hall–Kier alpha value is -1.97. The smallest absolute Gasteiger partial charge is 0.293 e. The molecule has 0 spiro atoms. The summed E-state index contributed by atoms with van der Waals surface area (Å²) < 4.78 is 22.9. The highest BCUT2D eigenvalue weighted by atomic mass is 32.2. The Morgan fingerprint density at radius 2 is 2.09 bits per heavy atom. The quantitative estimate of drug-likeness (QED) is 0.453. The molecule has 1 aliphatic heterocycles. The third-order valence-corrected chi connectivity index (χ3v) is 4.77. The van der Waals surface area contributed by atoms with Crippen LogP contribution in [-0.2, 0) is 10.0 Å². The van der Waals surface area contributed by atoms with E-state index in [4.69, 9.17) is 5.14 Å². The van der Waals surface area contributed by atoms with Gasteiger partial charge in [-0.3, -0.25) is 10.1 Å². The highest BCUT2D eigenvalue weighted by Crippen LogP contribution is 2.33. The van der Waals surface area contributed by atoms with Gasteiger partial charge in [-0.1, -0.05) is 6.08 Å². The maximum absolute atomic E-state index is 11.4. The van der Waals surface area contributed by atoms with Gasteiger partial charge in [0.1, 0.15) is 5.69 Å². The Balaban J connectivity index is 2.49. The van der Waals surface area contributed by atoms with Crippen molar-refractivity contribution in [3.05, 3.63) is 41.0 Å². The second kappa shape index (κ2) is 7.07. The molecule has 23 heavy (non-hydrogen) atoms. The number of nitrogens with zero attached hydrogens (tertiary/aromatic N) is 2. The van der Waals surface area contributed by atoms with Gasteiger partial charge in [0.05, 0.1) is 9.82 Å². The molecule has 1 heterocycles. The molecule has 0 radical (unpaired) electrons.